The van der Waals surface area contributed by atoms with E-state index in [-0.39, 0.29) is 11.9 Å². The first kappa shape index (κ1) is 16.4. The third-order valence-electron chi connectivity index (χ3n) is 3.21. The van der Waals surface area contributed by atoms with Gasteiger partial charge in [0.05, 0.1) is 19.8 Å². The average molecular weight is 276 g/mol. The minimum absolute atomic E-state index is 0.273. The van der Waals surface area contributed by atoms with Crippen molar-refractivity contribution in [2.45, 2.75) is 27.4 Å². The molecule has 2 atom stereocenters. The molecule has 0 fully saturated rings. The number of hydrogen-bond donors (Lipinski definition) is 0. The zero-order valence-corrected chi connectivity index (χ0v) is 12.5. The molecular formula is C17H24O3. The molecule has 0 aliphatic heterocycles. The molecule has 0 aliphatic carbocycles. The Balaban J connectivity index is 2.27. The van der Waals surface area contributed by atoms with Crippen molar-refractivity contribution >= 4 is 5.97 Å². The third-order valence-corrected chi connectivity index (χ3v) is 3.21. The molecule has 0 amide bonds. The fraction of sp³-hybridized carbons (Fsp3) is 0.471. The van der Waals surface area contributed by atoms with E-state index >= 15 is 0 Å². The van der Waals surface area contributed by atoms with Crippen LogP contribution in [-0.2, 0) is 20.9 Å². The number of esters is 1. The fourth-order valence-corrected chi connectivity index (χ4v) is 1.70. The summed E-state index contributed by atoms with van der Waals surface area (Å²) >= 11 is 0. The predicted octanol–water partition coefficient (Wildman–Crippen LogP) is 3.59. The number of hydrogen-bond acceptors (Lipinski definition) is 3. The summed E-state index contributed by atoms with van der Waals surface area (Å²) in [5.41, 5.74) is 1.18. The highest BCUT2D eigenvalue weighted by atomic mass is 16.5. The molecule has 0 aliphatic rings. The SMILES string of the molecule is CCOC(=O)/C=C/[C@H](C)[C@@H](C)COCc1ccccc1. The first-order chi connectivity index (χ1) is 9.63. The smallest absolute Gasteiger partial charge is 0.330 e. The Morgan fingerprint density at radius 2 is 1.95 bits per heavy atom. The van der Waals surface area contributed by atoms with Crippen LogP contribution in [0.1, 0.15) is 26.3 Å². The van der Waals surface area contributed by atoms with Crippen molar-refractivity contribution in [3.63, 3.8) is 0 Å². The van der Waals surface area contributed by atoms with Crippen LogP contribution in [0.2, 0.25) is 0 Å². The van der Waals surface area contributed by atoms with E-state index in [1.54, 1.807) is 6.92 Å². The quantitative estimate of drug-likeness (QED) is 0.537. The number of ether oxygens (including phenoxy) is 2. The van der Waals surface area contributed by atoms with Gasteiger partial charge >= 0.3 is 5.97 Å². The number of carbonyl (C=O) groups excluding carboxylic acids is 1. The Morgan fingerprint density at radius 3 is 2.60 bits per heavy atom. The van der Waals surface area contributed by atoms with E-state index in [0.717, 1.165) is 0 Å². The van der Waals surface area contributed by atoms with Gasteiger partial charge in [-0.25, -0.2) is 4.79 Å². The van der Waals surface area contributed by atoms with E-state index in [2.05, 4.69) is 26.0 Å². The van der Waals surface area contributed by atoms with E-state index in [1.807, 2.05) is 24.3 Å². The van der Waals surface area contributed by atoms with Gasteiger partial charge < -0.3 is 9.47 Å². The van der Waals surface area contributed by atoms with Crippen LogP contribution in [0.15, 0.2) is 42.5 Å². The molecule has 1 rings (SSSR count). The molecule has 110 valence electrons. The summed E-state index contributed by atoms with van der Waals surface area (Å²) < 4.78 is 10.6. The van der Waals surface area contributed by atoms with Gasteiger partial charge in [0.15, 0.2) is 0 Å². The highest BCUT2D eigenvalue weighted by Gasteiger charge is 2.10. The zero-order chi connectivity index (χ0) is 14.8. The monoisotopic (exact) mass is 276 g/mol. The second kappa shape index (κ2) is 9.32. The zero-order valence-electron chi connectivity index (χ0n) is 12.5. The van der Waals surface area contributed by atoms with E-state index in [9.17, 15) is 4.79 Å². The molecule has 0 aromatic heterocycles. The molecule has 0 heterocycles. The van der Waals surface area contributed by atoms with Crippen LogP contribution in [0.3, 0.4) is 0 Å². The molecular weight excluding hydrogens is 252 g/mol. The van der Waals surface area contributed by atoms with E-state index in [1.165, 1.54) is 11.6 Å². The van der Waals surface area contributed by atoms with Crippen molar-refractivity contribution in [1.82, 2.24) is 0 Å². The topological polar surface area (TPSA) is 35.5 Å². The highest BCUT2D eigenvalue weighted by Crippen LogP contribution is 2.14. The summed E-state index contributed by atoms with van der Waals surface area (Å²) in [6.07, 6.45) is 3.39. The molecule has 1 aromatic rings. The molecule has 3 nitrogen and oxygen atoms in total. The summed E-state index contributed by atoms with van der Waals surface area (Å²) in [6.45, 7) is 7.70. The molecule has 20 heavy (non-hydrogen) atoms. The van der Waals surface area contributed by atoms with Crippen LogP contribution < -0.4 is 0 Å². The van der Waals surface area contributed by atoms with Crippen molar-refractivity contribution in [3.8, 4) is 0 Å². The van der Waals surface area contributed by atoms with Gasteiger partial charge in [-0.05, 0) is 24.3 Å². The van der Waals surface area contributed by atoms with E-state index in [0.29, 0.717) is 25.7 Å². The van der Waals surface area contributed by atoms with Crippen molar-refractivity contribution in [2.75, 3.05) is 13.2 Å². The molecule has 3 heteroatoms. The first-order valence-corrected chi connectivity index (χ1v) is 7.10. The van der Waals surface area contributed by atoms with Crippen molar-refractivity contribution in [3.05, 3.63) is 48.0 Å². The van der Waals surface area contributed by atoms with Crippen molar-refractivity contribution in [2.24, 2.45) is 11.8 Å². The van der Waals surface area contributed by atoms with Gasteiger partial charge in [0, 0.05) is 6.08 Å². The first-order valence-electron chi connectivity index (χ1n) is 7.10. The number of carbonyl (C=O) groups is 1. The van der Waals surface area contributed by atoms with Crippen molar-refractivity contribution < 1.29 is 14.3 Å². The van der Waals surface area contributed by atoms with Crippen LogP contribution in [-0.4, -0.2) is 19.2 Å². The Bertz CT molecular complexity index is 412. The lowest BCUT2D eigenvalue weighted by Crippen LogP contribution is -2.13. The van der Waals surface area contributed by atoms with Gasteiger partial charge in [0.25, 0.3) is 0 Å². The van der Waals surface area contributed by atoms with Gasteiger partial charge in [-0.15, -0.1) is 0 Å². The van der Waals surface area contributed by atoms with Crippen molar-refractivity contribution in [1.29, 1.82) is 0 Å². The Labute approximate surface area is 121 Å². The summed E-state index contributed by atoms with van der Waals surface area (Å²) in [7, 11) is 0. The number of benzene rings is 1. The maximum atomic E-state index is 11.2. The maximum Gasteiger partial charge on any atom is 0.330 e. The number of allylic oxidation sites excluding steroid dienone is 1. The summed E-state index contributed by atoms with van der Waals surface area (Å²) in [5, 5.41) is 0. The van der Waals surface area contributed by atoms with Gasteiger partial charge in [-0.2, -0.15) is 0 Å². The van der Waals surface area contributed by atoms with E-state index in [4.69, 9.17) is 9.47 Å². The lowest BCUT2D eigenvalue weighted by molar-refractivity contribution is -0.137. The highest BCUT2D eigenvalue weighted by molar-refractivity contribution is 5.81. The Kier molecular flexibility index (Phi) is 7.66. The molecule has 0 bridgehead atoms. The van der Waals surface area contributed by atoms with Gasteiger partial charge in [-0.1, -0.05) is 50.3 Å². The van der Waals surface area contributed by atoms with Crippen LogP contribution in [0.5, 0.6) is 0 Å². The van der Waals surface area contributed by atoms with Gasteiger partial charge in [0.1, 0.15) is 0 Å². The molecule has 0 N–H and O–H groups in total. The second-order valence-corrected chi connectivity index (χ2v) is 4.95. The standard InChI is InChI=1S/C17H24O3/c1-4-20-17(18)11-10-14(2)15(3)12-19-13-16-8-6-5-7-9-16/h5-11,14-15H,4,12-13H2,1-3H3/b11-10+/t14-,15-/m0/s1. The second-order valence-electron chi connectivity index (χ2n) is 4.95. The summed E-state index contributed by atoms with van der Waals surface area (Å²) in [6, 6.07) is 10.1. The summed E-state index contributed by atoms with van der Waals surface area (Å²) in [4.78, 5) is 11.2. The fourth-order valence-electron chi connectivity index (χ4n) is 1.70. The lowest BCUT2D eigenvalue weighted by atomic mass is 9.96. The molecule has 0 spiro atoms. The molecule has 1 aromatic carbocycles. The lowest BCUT2D eigenvalue weighted by Gasteiger charge is -2.16. The number of rotatable bonds is 8. The maximum absolute atomic E-state index is 11.2. The minimum atomic E-state index is -0.281. The van der Waals surface area contributed by atoms with E-state index < -0.39 is 0 Å². The minimum Gasteiger partial charge on any atom is -0.463 e. The molecule has 0 unspecified atom stereocenters. The average Bonchev–Trinajstić information content (AvgIpc) is 2.46. The summed E-state index contributed by atoms with van der Waals surface area (Å²) in [5.74, 6) is 0.344. The molecule has 0 radical (unpaired) electrons. The van der Waals surface area contributed by atoms with Crippen LogP contribution in [0.25, 0.3) is 0 Å². The van der Waals surface area contributed by atoms with Crippen LogP contribution in [0.4, 0.5) is 0 Å². The Morgan fingerprint density at radius 1 is 1.25 bits per heavy atom. The predicted molar refractivity (Wildman–Crippen MR) is 80.2 cm³/mol. The van der Waals surface area contributed by atoms with Gasteiger partial charge in [0.2, 0.25) is 0 Å². The van der Waals surface area contributed by atoms with Crippen LogP contribution >= 0.6 is 0 Å². The largest absolute Gasteiger partial charge is 0.463 e. The molecule has 0 saturated heterocycles. The molecule has 0 saturated carbocycles. The van der Waals surface area contributed by atoms with Gasteiger partial charge in [-0.3, -0.25) is 0 Å². The Hall–Kier alpha value is -1.61. The normalized spacial score (nSPS) is 14.2. The third kappa shape index (κ3) is 6.53. The van der Waals surface area contributed by atoms with Crippen LogP contribution in [0, 0.1) is 11.8 Å².